The summed E-state index contributed by atoms with van der Waals surface area (Å²) in [6.45, 7) is 8.54. The first-order chi connectivity index (χ1) is 7.09. The van der Waals surface area contributed by atoms with Gasteiger partial charge in [-0.25, -0.2) is 0 Å². The topological polar surface area (TPSA) is 12.0 Å². The van der Waals surface area contributed by atoms with E-state index in [1.54, 1.807) is 0 Å². The van der Waals surface area contributed by atoms with Crippen molar-refractivity contribution in [1.29, 1.82) is 0 Å². The lowest BCUT2D eigenvalue weighted by Crippen LogP contribution is -2.46. The molecule has 1 N–H and O–H groups in total. The van der Waals surface area contributed by atoms with Gasteiger partial charge in [-0.3, -0.25) is 0 Å². The first kappa shape index (κ1) is 11.4. The Kier molecular flexibility index (Phi) is 3.39. The van der Waals surface area contributed by atoms with Gasteiger partial charge in [0.25, 0.3) is 0 Å². The molecule has 0 heterocycles. The highest BCUT2D eigenvalue weighted by atomic mass is 14.9. The smallest absolute Gasteiger partial charge is 0.00954 e. The van der Waals surface area contributed by atoms with Crippen molar-refractivity contribution in [3.63, 3.8) is 0 Å². The number of hydrogen-bond acceptors (Lipinski definition) is 1. The summed E-state index contributed by atoms with van der Waals surface area (Å²) in [5.41, 5.74) is 0.639. The van der Waals surface area contributed by atoms with Gasteiger partial charge in [0.05, 0.1) is 0 Å². The van der Waals surface area contributed by atoms with Crippen molar-refractivity contribution in [3.05, 3.63) is 0 Å². The van der Waals surface area contributed by atoms with E-state index in [0.717, 1.165) is 17.9 Å². The first-order valence-electron chi connectivity index (χ1n) is 6.82. The SMILES string of the molecule is CC1CCC(C)C(NCC2(C)CCC2)C1. The fourth-order valence-electron chi connectivity index (χ4n) is 3.15. The Balaban J connectivity index is 1.77. The number of nitrogens with one attached hydrogen (secondary N) is 1. The number of hydrogen-bond donors (Lipinski definition) is 1. The Morgan fingerprint density at radius 1 is 1.20 bits per heavy atom. The van der Waals surface area contributed by atoms with E-state index < -0.39 is 0 Å². The monoisotopic (exact) mass is 209 g/mol. The lowest BCUT2D eigenvalue weighted by molar-refractivity contribution is 0.130. The summed E-state index contributed by atoms with van der Waals surface area (Å²) in [6.07, 6.45) is 8.60. The fourth-order valence-corrected chi connectivity index (χ4v) is 3.15. The molecule has 2 aliphatic carbocycles. The average Bonchev–Trinajstić information content (AvgIpc) is 2.17. The molecule has 0 saturated heterocycles. The quantitative estimate of drug-likeness (QED) is 0.749. The largest absolute Gasteiger partial charge is 0.313 e. The molecule has 2 rings (SSSR count). The zero-order chi connectivity index (χ0) is 10.9. The van der Waals surface area contributed by atoms with Gasteiger partial charge in [-0.2, -0.15) is 0 Å². The molecule has 0 spiro atoms. The zero-order valence-electron chi connectivity index (χ0n) is 10.7. The van der Waals surface area contributed by atoms with Crippen LogP contribution < -0.4 is 5.32 Å². The van der Waals surface area contributed by atoms with Crippen LogP contribution in [0.15, 0.2) is 0 Å². The van der Waals surface area contributed by atoms with Crippen LogP contribution in [0.1, 0.15) is 59.3 Å². The van der Waals surface area contributed by atoms with Crippen LogP contribution in [-0.2, 0) is 0 Å². The van der Waals surface area contributed by atoms with Gasteiger partial charge >= 0.3 is 0 Å². The Morgan fingerprint density at radius 2 is 1.93 bits per heavy atom. The third kappa shape index (κ3) is 2.75. The Bertz CT molecular complexity index is 207. The second-order valence-electron chi connectivity index (χ2n) is 6.55. The summed E-state index contributed by atoms with van der Waals surface area (Å²) in [5.74, 6) is 1.83. The van der Waals surface area contributed by atoms with E-state index in [1.165, 1.54) is 45.1 Å². The summed E-state index contributed by atoms with van der Waals surface area (Å²) < 4.78 is 0. The van der Waals surface area contributed by atoms with E-state index in [4.69, 9.17) is 0 Å². The standard InChI is InChI=1S/C14H27N/c1-11-5-6-12(2)13(9-11)15-10-14(3)7-4-8-14/h11-13,15H,4-10H2,1-3H3. The van der Waals surface area contributed by atoms with Crippen LogP contribution >= 0.6 is 0 Å². The average molecular weight is 209 g/mol. The highest BCUT2D eigenvalue weighted by Crippen LogP contribution is 2.40. The van der Waals surface area contributed by atoms with Gasteiger partial charge in [0, 0.05) is 12.6 Å². The van der Waals surface area contributed by atoms with Crippen molar-refractivity contribution >= 4 is 0 Å². The van der Waals surface area contributed by atoms with Crippen molar-refractivity contribution in [2.75, 3.05) is 6.54 Å². The molecule has 88 valence electrons. The summed E-state index contributed by atoms with van der Waals surface area (Å²) >= 11 is 0. The van der Waals surface area contributed by atoms with Crippen LogP contribution in [0.3, 0.4) is 0 Å². The molecule has 1 heteroatoms. The summed E-state index contributed by atoms with van der Waals surface area (Å²) in [5, 5.41) is 3.84. The minimum absolute atomic E-state index is 0.639. The Hall–Kier alpha value is -0.0400. The summed E-state index contributed by atoms with van der Waals surface area (Å²) in [6, 6.07) is 0.797. The second kappa shape index (κ2) is 4.45. The van der Waals surface area contributed by atoms with Crippen LogP contribution in [0.4, 0.5) is 0 Å². The normalized spacial score (nSPS) is 39.8. The molecular weight excluding hydrogens is 182 g/mol. The van der Waals surface area contributed by atoms with Crippen molar-refractivity contribution < 1.29 is 0 Å². The van der Waals surface area contributed by atoms with Crippen LogP contribution in [0.5, 0.6) is 0 Å². The van der Waals surface area contributed by atoms with Gasteiger partial charge in [-0.05, 0) is 42.9 Å². The third-order valence-electron chi connectivity index (χ3n) is 4.81. The van der Waals surface area contributed by atoms with Gasteiger partial charge in [-0.15, -0.1) is 0 Å². The van der Waals surface area contributed by atoms with E-state index in [-0.39, 0.29) is 0 Å². The van der Waals surface area contributed by atoms with E-state index >= 15 is 0 Å². The van der Waals surface area contributed by atoms with Crippen LogP contribution in [0, 0.1) is 17.3 Å². The highest BCUT2D eigenvalue weighted by molar-refractivity contribution is 4.89. The lowest BCUT2D eigenvalue weighted by Gasteiger charge is -2.42. The van der Waals surface area contributed by atoms with Crippen LogP contribution in [0.2, 0.25) is 0 Å². The molecule has 0 radical (unpaired) electrons. The molecule has 0 aromatic heterocycles. The van der Waals surface area contributed by atoms with Gasteiger partial charge in [0.2, 0.25) is 0 Å². The summed E-state index contributed by atoms with van der Waals surface area (Å²) in [4.78, 5) is 0. The van der Waals surface area contributed by atoms with Crippen molar-refractivity contribution in [2.24, 2.45) is 17.3 Å². The van der Waals surface area contributed by atoms with Gasteiger partial charge in [0.15, 0.2) is 0 Å². The van der Waals surface area contributed by atoms with Crippen molar-refractivity contribution in [2.45, 2.75) is 65.3 Å². The maximum absolute atomic E-state index is 3.84. The third-order valence-corrected chi connectivity index (χ3v) is 4.81. The van der Waals surface area contributed by atoms with Crippen LogP contribution in [-0.4, -0.2) is 12.6 Å². The maximum Gasteiger partial charge on any atom is 0.00954 e. The fraction of sp³-hybridized carbons (Fsp3) is 1.00. The maximum atomic E-state index is 3.84. The molecule has 2 aliphatic rings. The molecule has 15 heavy (non-hydrogen) atoms. The molecule has 0 aromatic carbocycles. The highest BCUT2D eigenvalue weighted by Gasteiger charge is 2.33. The Morgan fingerprint density at radius 3 is 2.53 bits per heavy atom. The lowest BCUT2D eigenvalue weighted by atomic mass is 9.70. The predicted molar refractivity (Wildman–Crippen MR) is 65.9 cm³/mol. The zero-order valence-corrected chi connectivity index (χ0v) is 10.7. The van der Waals surface area contributed by atoms with Gasteiger partial charge in [-0.1, -0.05) is 33.6 Å². The second-order valence-corrected chi connectivity index (χ2v) is 6.55. The van der Waals surface area contributed by atoms with E-state index in [0.29, 0.717) is 5.41 Å². The van der Waals surface area contributed by atoms with Gasteiger partial charge < -0.3 is 5.32 Å². The minimum atomic E-state index is 0.639. The van der Waals surface area contributed by atoms with E-state index in [1.807, 2.05) is 0 Å². The first-order valence-corrected chi connectivity index (χ1v) is 6.82. The molecule has 3 atom stereocenters. The summed E-state index contributed by atoms with van der Waals surface area (Å²) in [7, 11) is 0. The van der Waals surface area contributed by atoms with Crippen molar-refractivity contribution in [3.8, 4) is 0 Å². The molecule has 0 bridgehead atoms. The molecule has 2 fully saturated rings. The minimum Gasteiger partial charge on any atom is -0.313 e. The molecule has 0 amide bonds. The van der Waals surface area contributed by atoms with Crippen molar-refractivity contribution in [1.82, 2.24) is 5.32 Å². The van der Waals surface area contributed by atoms with E-state index in [9.17, 15) is 0 Å². The van der Waals surface area contributed by atoms with Gasteiger partial charge in [0.1, 0.15) is 0 Å². The van der Waals surface area contributed by atoms with Crippen LogP contribution in [0.25, 0.3) is 0 Å². The molecule has 1 nitrogen and oxygen atoms in total. The Labute approximate surface area is 95.0 Å². The number of rotatable bonds is 3. The molecule has 0 aromatic rings. The van der Waals surface area contributed by atoms with E-state index in [2.05, 4.69) is 26.1 Å². The predicted octanol–water partition coefficient (Wildman–Crippen LogP) is 3.59. The molecule has 3 unspecified atom stereocenters. The molecule has 2 saturated carbocycles. The molecular formula is C14H27N. The molecule has 0 aliphatic heterocycles.